The van der Waals surface area contributed by atoms with Gasteiger partial charge in [-0.1, -0.05) is 0 Å². The zero-order valence-electron chi connectivity index (χ0n) is 8.60. The first-order valence-corrected chi connectivity index (χ1v) is 8.59. The van der Waals surface area contributed by atoms with E-state index in [1.165, 1.54) is 11.3 Å². The highest BCUT2D eigenvalue weighted by molar-refractivity contribution is 9.10. The predicted octanol–water partition coefficient (Wildman–Crippen LogP) is 2.37. The van der Waals surface area contributed by atoms with E-state index in [0.29, 0.717) is 12.8 Å². The highest BCUT2D eigenvalue weighted by Crippen LogP contribution is 2.35. The standard InChI is InChI=1S/C10H13BrO3S2/c11-8-1-3-15-10(8)9(12)5-7-2-4-16(13,14)6-7/h1,3,7,9,12H,2,4-6H2. The molecule has 1 aliphatic heterocycles. The summed E-state index contributed by atoms with van der Waals surface area (Å²) in [6, 6.07) is 1.90. The molecule has 1 aromatic heterocycles. The summed E-state index contributed by atoms with van der Waals surface area (Å²) in [4.78, 5) is 0.893. The Morgan fingerprint density at radius 1 is 1.62 bits per heavy atom. The van der Waals surface area contributed by atoms with Gasteiger partial charge in [0.25, 0.3) is 0 Å². The Kier molecular flexibility index (Phi) is 3.73. The van der Waals surface area contributed by atoms with Gasteiger partial charge < -0.3 is 5.11 Å². The van der Waals surface area contributed by atoms with Crippen LogP contribution < -0.4 is 0 Å². The molecule has 0 aromatic carbocycles. The summed E-state index contributed by atoms with van der Waals surface area (Å²) in [6.07, 6.45) is 0.674. The fourth-order valence-corrected chi connectivity index (χ4v) is 5.54. The maximum absolute atomic E-state index is 11.3. The fourth-order valence-electron chi connectivity index (χ4n) is 2.02. The van der Waals surface area contributed by atoms with Gasteiger partial charge in [0.05, 0.1) is 17.6 Å². The SMILES string of the molecule is O=S1(=O)CCC(CC(O)c2sccc2Br)C1. The maximum atomic E-state index is 11.3. The molecule has 0 bridgehead atoms. The largest absolute Gasteiger partial charge is 0.388 e. The van der Waals surface area contributed by atoms with E-state index in [1.807, 2.05) is 11.4 Å². The van der Waals surface area contributed by atoms with Gasteiger partial charge >= 0.3 is 0 Å². The monoisotopic (exact) mass is 324 g/mol. The summed E-state index contributed by atoms with van der Waals surface area (Å²) in [5, 5.41) is 11.9. The highest BCUT2D eigenvalue weighted by atomic mass is 79.9. The van der Waals surface area contributed by atoms with Crippen LogP contribution in [-0.2, 0) is 9.84 Å². The summed E-state index contributed by atoms with van der Waals surface area (Å²) in [5.41, 5.74) is 0. The number of hydrogen-bond acceptors (Lipinski definition) is 4. The van der Waals surface area contributed by atoms with E-state index in [0.717, 1.165) is 9.35 Å². The number of thiophene rings is 1. The van der Waals surface area contributed by atoms with Crippen LogP contribution in [0.3, 0.4) is 0 Å². The van der Waals surface area contributed by atoms with Gasteiger partial charge in [0.15, 0.2) is 9.84 Å². The summed E-state index contributed by atoms with van der Waals surface area (Å²) in [6.45, 7) is 0. The van der Waals surface area contributed by atoms with Crippen LogP contribution in [0.15, 0.2) is 15.9 Å². The zero-order chi connectivity index (χ0) is 11.8. The Labute approximate surface area is 108 Å². The lowest BCUT2D eigenvalue weighted by atomic mass is 10.0. The molecule has 16 heavy (non-hydrogen) atoms. The third-order valence-corrected chi connectivity index (χ3v) is 6.64. The molecule has 0 amide bonds. The number of sulfone groups is 1. The first-order valence-electron chi connectivity index (χ1n) is 5.09. The van der Waals surface area contributed by atoms with Gasteiger partial charge in [-0.15, -0.1) is 11.3 Å². The minimum absolute atomic E-state index is 0.106. The second-order valence-electron chi connectivity index (χ2n) is 4.15. The molecule has 1 saturated heterocycles. The molecule has 6 heteroatoms. The molecule has 0 aliphatic carbocycles. The Morgan fingerprint density at radius 2 is 2.38 bits per heavy atom. The summed E-state index contributed by atoms with van der Waals surface area (Å²) in [7, 11) is -2.84. The smallest absolute Gasteiger partial charge is 0.150 e. The maximum Gasteiger partial charge on any atom is 0.150 e. The molecule has 90 valence electrons. The second-order valence-corrected chi connectivity index (χ2v) is 8.18. The van der Waals surface area contributed by atoms with Crippen LogP contribution in [0.25, 0.3) is 0 Å². The predicted molar refractivity (Wildman–Crippen MR) is 68.4 cm³/mol. The lowest BCUT2D eigenvalue weighted by Gasteiger charge is -2.13. The molecule has 0 saturated carbocycles. The van der Waals surface area contributed by atoms with E-state index in [4.69, 9.17) is 0 Å². The molecule has 2 atom stereocenters. The first kappa shape index (κ1) is 12.5. The number of aliphatic hydroxyl groups is 1. The van der Waals surface area contributed by atoms with Crippen molar-refractivity contribution in [2.45, 2.75) is 18.9 Å². The van der Waals surface area contributed by atoms with Crippen LogP contribution in [0.4, 0.5) is 0 Å². The minimum Gasteiger partial charge on any atom is -0.388 e. The molecular weight excluding hydrogens is 312 g/mol. The number of aliphatic hydroxyl groups excluding tert-OH is 1. The fraction of sp³-hybridized carbons (Fsp3) is 0.600. The van der Waals surface area contributed by atoms with Gasteiger partial charge in [0, 0.05) is 9.35 Å². The molecule has 0 spiro atoms. The molecule has 2 rings (SSSR count). The number of rotatable bonds is 3. The van der Waals surface area contributed by atoms with E-state index in [-0.39, 0.29) is 17.4 Å². The van der Waals surface area contributed by atoms with Gasteiger partial charge in [-0.3, -0.25) is 0 Å². The Hall–Kier alpha value is 0.0900. The van der Waals surface area contributed by atoms with Crippen molar-refractivity contribution in [2.24, 2.45) is 5.92 Å². The minimum atomic E-state index is -2.84. The van der Waals surface area contributed by atoms with E-state index in [1.54, 1.807) is 0 Å². The molecule has 0 radical (unpaired) electrons. The van der Waals surface area contributed by atoms with Gasteiger partial charge in [0.1, 0.15) is 0 Å². The second kappa shape index (κ2) is 4.76. The third-order valence-electron chi connectivity index (χ3n) is 2.83. The molecule has 2 unspecified atom stereocenters. The lowest BCUT2D eigenvalue weighted by Crippen LogP contribution is -2.09. The third kappa shape index (κ3) is 2.85. The molecule has 1 aliphatic rings. The summed E-state index contributed by atoms with van der Waals surface area (Å²) >= 11 is 4.87. The van der Waals surface area contributed by atoms with Gasteiger partial charge in [-0.05, 0) is 46.1 Å². The van der Waals surface area contributed by atoms with Crippen molar-refractivity contribution in [3.8, 4) is 0 Å². The van der Waals surface area contributed by atoms with Crippen LogP contribution in [-0.4, -0.2) is 25.0 Å². The van der Waals surface area contributed by atoms with E-state index >= 15 is 0 Å². The molecule has 1 fully saturated rings. The normalized spacial score (nSPS) is 25.8. The van der Waals surface area contributed by atoms with Crippen LogP contribution in [0, 0.1) is 5.92 Å². The van der Waals surface area contributed by atoms with Crippen molar-refractivity contribution in [3.63, 3.8) is 0 Å². The average Bonchev–Trinajstić information content (AvgIpc) is 2.72. The van der Waals surface area contributed by atoms with Crippen LogP contribution >= 0.6 is 27.3 Å². The van der Waals surface area contributed by atoms with Crippen molar-refractivity contribution in [3.05, 3.63) is 20.8 Å². The van der Waals surface area contributed by atoms with E-state index in [2.05, 4.69) is 15.9 Å². The first-order chi connectivity index (χ1) is 7.48. The Balaban J connectivity index is 1.99. The molecule has 3 nitrogen and oxygen atoms in total. The van der Waals surface area contributed by atoms with Crippen molar-refractivity contribution in [1.29, 1.82) is 0 Å². The quantitative estimate of drug-likeness (QED) is 0.928. The van der Waals surface area contributed by atoms with Gasteiger partial charge in [-0.25, -0.2) is 8.42 Å². The average molecular weight is 325 g/mol. The van der Waals surface area contributed by atoms with Gasteiger partial charge in [-0.2, -0.15) is 0 Å². The summed E-state index contributed by atoms with van der Waals surface area (Å²) in [5.74, 6) is 0.609. The Bertz CT molecular complexity index is 466. The van der Waals surface area contributed by atoms with Crippen LogP contribution in [0.5, 0.6) is 0 Å². The topological polar surface area (TPSA) is 54.4 Å². The van der Waals surface area contributed by atoms with Crippen molar-refractivity contribution in [2.75, 3.05) is 11.5 Å². The van der Waals surface area contributed by atoms with E-state index < -0.39 is 15.9 Å². The van der Waals surface area contributed by atoms with Gasteiger partial charge in [0.2, 0.25) is 0 Å². The molecule has 1 N–H and O–H groups in total. The molecule has 1 aromatic rings. The number of halogens is 1. The lowest BCUT2D eigenvalue weighted by molar-refractivity contribution is 0.151. The van der Waals surface area contributed by atoms with Crippen molar-refractivity contribution in [1.82, 2.24) is 0 Å². The van der Waals surface area contributed by atoms with Crippen molar-refractivity contribution < 1.29 is 13.5 Å². The molecule has 2 heterocycles. The van der Waals surface area contributed by atoms with Crippen LogP contribution in [0.1, 0.15) is 23.8 Å². The van der Waals surface area contributed by atoms with Crippen LogP contribution in [0.2, 0.25) is 0 Å². The number of hydrogen-bond donors (Lipinski definition) is 1. The highest BCUT2D eigenvalue weighted by Gasteiger charge is 2.30. The van der Waals surface area contributed by atoms with E-state index in [9.17, 15) is 13.5 Å². The van der Waals surface area contributed by atoms with Crippen molar-refractivity contribution >= 4 is 37.1 Å². The Morgan fingerprint density at radius 3 is 2.88 bits per heavy atom. The molecular formula is C10H13BrO3S2. The summed E-state index contributed by atoms with van der Waals surface area (Å²) < 4.78 is 23.5. The zero-order valence-corrected chi connectivity index (χ0v) is 11.8.